The standard InChI is InChI=1S/C16H15NO5S/c1-11(18)12-3-2-4-14(9-12)23(19,20)17-13-5-6-15-16(10-13)22-8-7-21-15/h2-6,9-10,17H,7-8H2,1H3. The van der Waals surface area contributed by atoms with Gasteiger partial charge < -0.3 is 9.47 Å². The first-order valence-corrected chi connectivity index (χ1v) is 8.47. The number of ether oxygens (including phenoxy) is 2. The fourth-order valence-corrected chi connectivity index (χ4v) is 3.30. The lowest BCUT2D eigenvalue weighted by Gasteiger charge is -2.19. The lowest BCUT2D eigenvalue weighted by Crippen LogP contribution is -2.17. The maximum absolute atomic E-state index is 12.5. The number of Topliss-reactive ketones (excluding diaryl/α,β-unsaturated/α-hetero) is 1. The molecule has 0 unspecified atom stereocenters. The zero-order valence-electron chi connectivity index (χ0n) is 12.4. The molecule has 6 nitrogen and oxygen atoms in total. The maximum atomic E-state index is 12.5. The third-order valence-corrected chi connectivity index (χ3v) is 4.72. The summed E-state index contributed by atoms with van der Waals surface area (Å²) in [5, 5.41) is 0. The van der Waals surface area contributed by atoms with Gasteiger partial charge in [-0.05, 0) is 31.2 Å². The monoisotopic (exact) mass is 333 g/mol. The van der Waals surface area contributed by atoms with Gasteiger partial charge in [-0.1, -0.05) is 12.1 Å². The molecular weight excluding hydrogens is 318 g/mol. The van der Waals surface area contributed by atoms with E-state index in [-0.39, 0.29) is 10.7 Å². The molecule has 120 valence electrons. The summed E-state index contributed by atoms with van der Waals surface area (Å²) in [6.07, 6.45) is 0. The van der Waals surface area contributed by atoms with Gasteiger partial charge >= 0.3 is 0 Å². The Morgan fingerprint density at radius 1 is 1.04 bits per heavy atom. The average Bonchev–Trinajstić information content (AvgIpc) is 2.54. The van der Waals surface area contributed by atoms with Gasteiger partial charge in [0.25, 0.3) is 10.0 Å². The van der Waals surface area contributed by atoms with Crippen molar-refractivity contribution in [1.29, 1.82) is 0 Å². The van der Waals surface area contributed by atoms with Crippen molar-refractivity contribution in [2.45, 2.75) is 11.8 Å². The highest BCUT2D eigenvalue weighted by atomic mass is 32.2. The molecule has 2 aromatic carbocycles. The molecule has 3 rings (SSSR count). The Kier molecular flexibility index (Phi) is 3.96. The summed E-state index contributed by atoms with van der Waals surface area (Å²) in [4.78, 5) is 11.4. The van der Waals surface area contributed by atoms with E-state index in [4.69, 9.17) is 9.47 Å². The molecule has 0 spiro atoms. The smallest absolute Gasteiger partial charge is 0.261 e. The highest BCUT2D eigenvalue weighted by molar-refractivity contribution is 7.92. The van der Waals surface area contributed by atoms with Crippen LogP contribution in [0.4, 0.5) is 5.69 Å². The van der Waals surface area contributed by atoms with Gasteiger partial charge in [0.2, 0.25) is 0 Å². The van der Waals surface area contributed by atoms with Gasteiger partial charge in [-0.15, -0.1) is 0 Å². The van der Waals surface area contributed by atoms with Crippen LogP contribution < -0.4 is 14.2 Å². The van der Waals surface area contributed by atoms with Crippen molar-refractivity contribution in [3.8, 4) is 11.5 Å². The van der Waals surface area contributed by atoms with E-state index in [1.807, 2.05) is 0 Å². The van der Waals surface area contributed by atoms with Crippen LogP contribution in [-0.2, 0) is 10.0 Å². The number of carbonyl (C=O) groups excluding carboxylic acids is 1. The Bertz CT molecular complexity index is 861. The molecule has 1 aliphatic rings. The fourth-order valence-electron chi connectivity index (χ4n) is 2.20. The van der Waals surface area contributed by atoms with E-state index in [1.54, 1.807) is 24.3 Å². The quantitative estimate of drug-likeness (QED) is 0.869. The summed E-state index contributed by atoms with van der Waals surface area (Å²) >= 11 is 0. The molecule has 0 fully saturated rings. The first-order valence-electron chi connectivity index (χ1n) is 6.99. The van der Waals surface area contributed by atoms with Gasteiger partial charge in [0, 0.05) is 11.6 Å². The van der Waals surface area contributed by atoms with Crippen LogP contribution in [0.2, 0.25) is 0 Å². The van der Waals surface area contributed by atoms with E-state index >= 15 is 0 Å². The Hall–Kier alpha value is -2.54. The Labute approximate surface area is 134 Å². The molecule has 0 saturated heterocycles. The molecule has 1 N–H and O–H groups in total. The first-order chi connectivity index (χ1) is 11.0. The van der Waals surface area contributed by atoms with Crippen molar-refractivity contribution in [1.82, 2.24) is 0 Å². The van der Waals surface area contributed by atoms with Crippen LogP contribution in [0, 0.1) is 0 Å². The summed E-state index contributed by atoms with van der Waals surface area (Å²) in [5.41, 5.74) is 0.706. The van der Waals surface area contributed by atoms with Gasteiger partial charge in [-0.3, -0.25) is 9.52 Å². The lowest BCUT2D eigenvalue weighted by atomic mass is 10.2. The topological polar surface area (TPSA) is 81.7 Å². The van der Waals surface area contributed by atoms with E-state index in [0.717, 1.165) is 0 Å². The van der Waals surface area contributed by atoms with Gasteiger partial charge in [0.1, 0.15) is 13.2 Å². The summed E-state index contributed by atoms with van der Waals surface area (Å²) in [6.45, 7) is 2.28. The molecular formula is C16H15NO5S. The van der Waals surface area contributed by atoms with Gasteiger partial charge in [0.15, 0.2) is 17.3 Å². The number of sulfonamides is 1. The van der Waals surface area contributed by atoms with Crippen molar-refractivity contribution in [2.24, 2.45) is 0 Å². The molecule has 0 amide bonds. The maximum Gasteiger partial charge on any atom is 0.261 e. The predicted molar refractivity (Wildman–Crippen MR) is 84.7 cm³/mol. The largest absolute Gasteiger partial charge is 0.486 e. The van der Waals surface area contributed by atoms with Gasteiger partial charge in [-0.25, -0.2) is 8.42 Å². The summed E-state index contributed by atoms with van der Waals surface area (Å²) in [7, 11) is -3.79. The fraction of sp³-hybridized carbons (Fsp3) is 0.188. The summed E-state index contributed by atoms with van der Waals surface area (Å²) in [5.74, 6) is 0.882. The minimum Gasteiger partial charge on any atom is -0.486 e. The molecule has 1 aliphatic heterocycles. The van der Waals surface area contributed by atoms with Crippen LogP contribution in [0.1, 0.15) is 17.3 Å². The molecule has 0 aliphatic carbocycles. The number of fused-ring (bicyclic) bond motifs is 1. The Morgan fingerprint density at radius 2 is 1.78 bits per heavy atom. The highest BCUT2D eigenvalue weighted by Gasteiger charge is 2.18. The molecule has 0 radical (unpaired) electrons. The van der Waals surface area contributed by atoms with Crippen molar-refractivity contribution < 1.29 is 22.7 Å². The zero-order chi connectivity index (χ0) is 16.4. The van der Waals surface area contributed by atoms with Crippen molar-refractivity contribution >= 4 is 21.5 Å². The van der Waals surface area contributed by atoms with E-state index < -0.39 is 10.0 Å². The number of ketones is 1. The number of rotatable bonds is 4. The number of anilines is 1. The van der Waals surface area contributed by atoms with E-state index in [1.165, 1.54) is 25.1 Å². The van der Waals surface area contributed by atoms with Gasteiger partial charge in [0.05, 0.1) is 10.6 Å². The summed E-state index contributed by atoms with van der Waals surface area (Å²) < 4.78 is 38.2. The number of hydrogen-bond acceptors (Lipinski definition) is 5. The average molecular weight is 333 g/mol. The molecule has 1 heterocycles. The number of nitrogens with one attached hydrogen (secondary N) is 1. The second-order valence-electron chi connectivity index (χ2n) is 5.05. The van der Waals surface area contributed by atoms with Crippen LogP contribution in [0.25, 0.3) is 0 Å². The first kappa shape index (κ1) is 15.4. The predicted octanol–water partition coefficient (Wildman–Crippen LogP) is 2.46. The van der Waals surface area contributed by atoms with Crippen LogP contribution in [-0.4, -0.2) is 27.4 Å². The molecule has 2 aromatic rings. The Morgan fingerprint density at radius 3 is 2.52 bits per heavy atom. The normalized spacial score (nSPS) is 13.4. The second kappa shape index (κ2) is 5.92. The molecule has 0 bridgehead atoms. The van der Waals surface area contributed by atoms with Crippen LogP contribution in [0.3, 0.4) is 0 Å². The van der Waals surface area contributed by atoms with E-state index in [0.29, 0.717) is 36.0 Å². The van der Waals surface area contributed by atoms with Crippen LogP contribution in [0.5, 0.6) is 11.5 Å². The minimum atomic E-state index is -3.79. The Balaban J connectivity index is 1.89. The second-order valence-corrected chi connectivity index (χ2v) is 6.73. The zero-order valence-corrected chi connectivity index (χ0v) is 13.2. The molecule has 0 saturated carbocycles. The lowest BCUT2D eigenvalue weighted by molar-refractivity contribution is 0.101. The van der Waals surface area contributed by atoms with E-state index in [2.05, 4.69) is 4.72 Å². The van der Waals surface area contributed by atoms with Gasteiger partial charge in [-0.2, -0.15) is 0 Å². The molecule has 23 heavy (non-hydrogen) atoms. The third kappa shape index (κ3) is 3.29. The molecule has 0 aromatic heterocycles. The number of hydrogen-bond donors (Lipinski definition) is 1. The van der Waals surface area contributed by atoms with Crippen molar-refractivity contribution in [3.63, 3.8) is 0 Å². The third-order valence-electron chi connectivity index (χ3n) is 3.35. The number of carbonyl (C=O) groups is 1. The SMILES string of the molecule is CC(=O)c1cccc(S(=O)(=O)Nc2ccc3c(c2)OCCO3)c1. The highest BCUT2D eigenvalue weighted by Crippen LogP contribution is 2.33. The van der Waals surface area contributed by atoms with Crippen LogP contribution in [0.15, 0.2) is 47.4 Å². The summed E-state index contributed by atoms with van der Waals surface area (Å²) in [6, 6.07) is 10.7. The minimum absolute atomic E-state index is 0.0279. The van der Waals surface area contributed by atoms with Crippen LogP contribution >= 0.6 is 0 Å². The van der Waals surface area contributed by atoms with Crippen molar-refractivity contribution in [2.75, 3.05) is 17.9 Å². The molecule has 7 heteroatoms. The molecule has 0 atom stereocenters. The van der Waals surface area contributed by atoms with Crippen molar-refractivity contribution in [3.05, 3.63) is 48.0 Å². The van der Waals surface area contributed by atoms with E-state index in [9.17, 15) is 13.2 Å². The number of benzene rings is 2.